The number of carbonyl (C=O) groups is 1. The fraction of sp³-hybridized carbons (Fsp3) is 0.409. The Balaban J connectivity index is 1.88. The Morgan fingerprint density at radius 2 is 1.60 bits per heavy atom. The fourth-order valence-electron chi connectivity index (χ4n) is 2.88. The molecular formula is C22H26F3NO4. The molecule has 8 heteroatoms. The van der Waals surface area contributed by atoms with E-state index in [-0.39, 0.29) is 23.5 Å². The molecule has 0 radical (unpaired) electrons. The van der Waals surface area contributed by atoms with Crippen LogP contribution in [0.25, 0.3) is 0 Å². The number of carbonyl (C=O) groups excluding carboxylic acids is 1. The molecule has 0 saturated heterocycles. The van der Waals surface area contributed by atoms with Crippen LogP contribution < -0.4 is 19.5 Å². The maximum Gasteiger partial charge on any atom is 0.573 e. The van der Waals surface area contributed by atoms with Gasteiger partial charge in [0.05, 0.1) is 14.2 Å². The molecule has 0 heterocycles. The van der Waals surface area contributed by atoms with Gasteiger partial charge in [0.15, 0.2) is 11.5 Å². The van der Waals surface area contributed by atoms with Crippen LogP contribution in [0.4, 0.5) is 13.2 Å². The van der Waals surface area contributed by atoms with E-state index in [1.807, 2.05) is 32.0 Å². The molecular weight excluding hydrogens is 399 g/mol. The molecule has 2 aromatic rings. The summed E-state index contributed by atoms with van der Waals surface area (Å²) in [5.41, 5.74) is 1.39. The lowest BCUT2D eigenvalue weighted by atomic mass is 9.84. The summed E-state index contributed by atoms with van der Waals surface area (Å²) in [6.45, 7) is 4.43. The average molecular weight is 425 g/mol. The van der Waals surface area contributed by atoms with E-state index in [1.54, 1.807) is 14.2 Å². The lowest BCUT2D eigenvalue weighted by Gasteiger charge is -2.26. The van der Waals surface area contributed by atoms with Crippen LogP contribution in [0.2, 0.25) is 0 Å². The molecule has 0 atom stereocenters. The highest BCUT2D eigenvalue weighted by atomic mass is 19.4. The maximum atomic E-state index is 12.2. The van der Waals surface area contributed by atoms with Crippen molar-refractivity contribution in [2.24, 2.45) is 0 Å². The summed E-state index contributed by atoms with van der Waals surface area (Å²) in [5, 5.41) is 2.92. The summed E-state index contributed by atoms with van der Waals surface area (Å²) in [4.78, 5) is 12.2. The van der Waals surface area contributed by atoms with Gasteiger partial charge in [-0.25, -0.2) is 0 Å². The van der Waals surface area contributed by atoms with Gasteiger partial charge in [0.25, 0.3) is 0 Å². The number of nitrogens with one attached hydrogen (secondary N) is 1. The molecule has 0 unspecified atom stereocenters. The topological polar surface area (TPSA) is 56.8 Å². The molecule has 0 fully saturated rings. The Kier molecular flexibility index (Phi) is 7.59. The number of hydrogen-bond acceptors (Lipinski definition) is 4. The van der Waals surface area contributed by atoms with Crippen molar-refractivity contribution >= 4 is 5.91 Å². The van der Waals surface area contributed by atoms with Crippen molar-refractivity contribution in [3.05, 3.63) is 53.6 Å². The number of amides is 1. The van der Waals surface area contributed by atoms with Gasteiger partial charge >= 0.3 is 6.36 Å². The quantitative estimate of drug-likeness (QED) is 0.637. The highest BCUT2D eigenvalue weighted by molar-refractivity contribution is 5.76. The van der Waals surface area contributed by atoms with Gasteiger partial charge in [-0.3, -0.25) is 4.79 Å². The Morgan fingerprint density at radius 3 is 2.17 bits per heavy atom. The first-order chi connectivity index (χ1) is 14.0. The number of hydrogen-bond donors (Lipinski definition) is 1. The average Bonchev–Trinajstić information content (AvgIpc) is 2.70. The third-order valence-corrected chi connectivity index (χ3v) is 4.69. The summed E-state index contributed by atoms with van der Waals surface area (Å²) >= 11 is 0. The van der Waals surface area contributed by atoms with E-state index in [4.69, 9.17) is 9.47 Å². The number of ether oxygens (including phenoxy) is 3. The smallest absolute Gasteiger partial charge is 0.493 e. The Morgan fingerprint density at radius 1 is 0.967 bits per heavy atom. The van der Waals surface area contributed by atoms with Gasteiger partial charge < -0.3 is 19.5 Å². The first-order valence-electron chi connectivity index (χ1n) is 9.38. The molecule has 2 aromatic carbocycles. The first-order valence-corrected chi connectivity index (χ1v) is 9.38. The monoisotopic (exact) mass is 425 g/mol. The van der Waals surface area contributed by atoms with Gasteiger partial charge in [-0.2, -0.15) is 0 Å². The second-order valence-corrected chi connectivity index (χ2v) is 7.42. The zero-order chi connectivity index (χ0) is 22.4. The van der Waals surface area contributed by atoms with E-state index in [0.29, 0.717) is 24.5 Å². The van der Waals surface area contributed by atoms with Crippen molar-refractivity contribution in [1.82, 2.24) is 5.32 Å². The van der Waals surface area contributed by atoms with Crippen LogP contribution in [0.3, 0.4) is 0 Å². The van der Waals surface area contributed by atoms with Gasteiger partial charge in [0, 0.05) is 18.4 Å². The van der Waals surface area contributed by atoms with E-state index in [2.05, 4.69) is 10.1 Å². The minimum absolute atomic E-state index is 0.140. The molecule has 1 amide bonds. The summed E-state index contributed by atoms with van der Waals surface area (Å²) in [6.07, 6.45) is -4.08. The molecule has 0 aromatic heterocycles. The molecule has 1 N–H and O–H groups in total. The number of methoxy groups -OCH3 is 2. The van der Waals surface area contributed by atoms with Crippen LogP contribution in [-0.4, -0.2) is 33.0 Å². The second-order valence-electron chi connectivity index (χ2n) is 7.42. The molecule has 164 valence electrons. The molecule has 0 aliphatic carbocycles. The zero-order valence-corrected chi connectivity index (χ0v) is 17.4. The predicted octanol–water partition coefficient (Wildman–Crippen LogP) is 4.63. The van der Waals surface area contributed by atoms with Crippen LogP contribution in [0.5, 0.6) is 17.2 Å². The van der Waals surface area contributed by atoms with Crippen LogP contribution in [0.15, 0.2) is 42.5 Å². The first kappa shape index (κ1) is 23.4. The molecule has 0 aliphatic heterocycles. The number of rotatable bonds is 9. The zero-order valence-electron chi connectivity index (χ0n) is 17.4. The Labute approximate surface area is 174 Å². The predicted molar refractivity (Wildman–Crippen MR) is 107 cm³/mol. The highest BCUT2D eigenvalue weighted by Crippen LogP contribution is 2.33. The molecule has 30 heavy (non-hydrogen) atoms. The van der Waals surface area contributed by atoms with E-state index in [0.717, 1.165) is 11.1 Å². The van der Waals surface area contributed by atoms with E-state index < -0.39 is 6.36 Å². The van der Waals surface area contributed by atoms with E-state index in [9.17, 15) is 18.0 Å². The SMILES string of the molecule is COc1ccc(C(C)(C)CNC(=O)CCc2ccc(OC(F)(F)F)cc2)cc1OC. The van der Waals surface area contributed by atoms with Crippen molar-refractivity contribution in [2.75, 3.05) is 20.8 Å². The number of aryl methyl sites for hydroxylation is 1. The largest absolute Gasteiger partial charge is 0.573 e. The lowest BCUT2D eigenvalue weighted by molar-refractivity contribution is -0.274. The highest BCUT2D eigenvalue weighted by Gasteiger charge is 2.31. The Bertz CT molecular complexity index is 848. The van der Waals surface area contributed by atoms with E-state index >= 15 is 0 Å². The normalized spacial score (nSPS) is 11.7. The lowest BCUT2D eigenvalue weighted by Crippen LogP contribution is -2.36. The standard InChI is InChI=1S/C22H26F3NO4/c1-21(2,16-8-11-18(28-3)19(13-16)29-4)14-26-20(27)12-7-15-5-9-17(10-6-15)30-22(23,24)25/h5-6,8-11,13H,7,12,14H2,1-4H3,(H,26,27). The van der Waals surface area contributed by atoms with Crippen LogP contribution >= 0.6 is 0 Å². The van der Waals surface area contributed by atoms with Gasteiger partial charge in [-0.05, 0) is 41.8 Å². The van der Waals surface area contributed by atoms with Crippen LogP contribution in [0, 0.1) is 0 Å². The molecule has 0 saturated carbocycles. The van der Waals surface area contributed by atoms with Gasteiger partial charge in [-0.15, -0.1) is 13.2 Å². The molecule has 0 bridgehead atoms. The number of benzene rings is 2. The minimum Gasteiger partial charge on any atom is -0.493 e. The number of alkyl halides is 3. The summed E-state index contributed by atoms with van der Waals surface area (Å²) in [7, 11) is 3.14. The van der Waals surface area contributed by atoms with Crippen LogP contribution in [-0.2, 0) is 16.6 Å². The molecule has 0 spiro atoms. The van der Waals surface area contributed by atoms with Crippen molar-refractivity contribution in [3.8, 4) is 17.2 Å². The fourth-order valence-corrected chi connectivity index (χ4v) is 2.88. The van der Waals surface area contributed by atoms with Crippen molar-refractivity contribution in [1.29, 1.82) is 0 Å². The molecule has 0 aliphatic rings. The van der Waals surface area contributed by atoms with E-state index in [1.165, 1.54) is 24.3 Å². The second kappa shape index (κ2) is 9.73. The molecule has 5 nitrogen and oxygen atoms in total. The number of halogens is 3. The third kappa shape index (κ3) is 6.86. The van der Waals surface area contributed by atoms with Crippen LogP contribution in [0.1, 0.15) is 31.4 Å². The van der Waals surface area contributed by atoms with Crippen molar-refractivity contribution < 1.29 is 32.2 Å². The van der Waals surface area contributed by atoms with Gasteiger partial charge in [-0.1, -0.05) is 32.0 Å². The maximum absolute atomic E-state index is 12.2. The third-order valence-electron chi connectivity index (χ3n) is 4.69. The summed E-state index contributed by atoms with van der Waals surface area (Å²) < 4.78 is 51.0. The Hall–Kier alpha value is -2.90. The van der Waals surface area contributed by atoms with Crippen molar-refractivity contribution in [2.45, 2.75) is 38.5 Å². The molecule has 2 rings (SSSR count). The van der Waals surface area contributed by atoms with Gasteiger partial charge in [0.1, 0.15) is 5.75 Å². The summed E-state index contributed by atoms with van der Waals surface area (Å²) in [5.74, 6) is 0.826. The summed E-state index contributed by atoms with van der Waals surface area (Å²) in [6, 6.07) is 11.1. The minimum atomic E-state index is -4.72. The van der Waals surface area contributed by atoms with Crippen molar-refractivity contribution in [3.63, 3.8) is 0 Å². The van der Waals surface area contributed by atoms with Gasteiger partial charge in [0.2, 0.25) is 5.91 Å².